The Morgan fingerprint density at radius 2 is 1.84 bits per heavy atom. The Morgan fingerprint density at radius 1 is 1.16 bits per heavy atom. The minimum atomic E-state index is -4.72. The highest BCUT2D eigenvalue weighted by Crippen LogP contribution is 2.38. The van der Waals surface area contributed by atoms with Crippen LogP contribution in [0.1, 0.15) is 52.9 Å². The molecule has 0 radical (unpaired) electrons. The predicted octanol–water partition coefficient (Wildman–Crippen LogP) is 1.50. The van der Waals surface area contributed by atoms with Gasteiger partial charge in [0.1, 0.15) is 6.10 Å². The molecule has 0 aromatic heterocycles. The standard InChI is InChI=1S/C19H35N2O8PS/c1-4-5-6-7-8-9-16(23)31-13-12-20-15(22)10-11-21-18(25)17(24)19(2,3)14-29-30(26,27)28/h8-9,17,24H,4-7,10-14H2,1-3H3,(H,20,22)(H,21,25)(H2,26,27,28)/b9-8+/t17-/m1/s1. The topological polar surface area (TPSA) is 162 Å². The number of amides is 2. The van der Waals surface area contributed by atoms with Crippen LogP contribution >= 0.6 is 19.6 Å². The van der Waals surface area contributed by atoms with E-state index < -0.39 is 31.9 Å². The van der Waals surface area contributed by atoms with E-state index in [0.29, 0.717) is 12.3 Å². The second kappa shape index (κ2) is 15.6. The molecule has 0 saturated carbocycles. The number of thioether (sulfide) groups is 1. The normalized spacial score (nSPS) is 13.2. The summed E-state index contributed by atoms with van der Waals surface area (Å²) in [5.74, 6) is -0.663. The molecule has 0 aliphatic carbocycles. The molecule has 0 bridgehead atoms. The molecule has 180 valence electrons. The Morgan fingerprint density at radius 3 is 2.45 bits per heavy atom. The van der Waals surface area contributed by atoms with Crippen LogP contribution in [0.3, 0.4) is 0 Å². The van der Waals surface area contributed by atoms with Gasteiger partial charge in [-0.05, 0) is 18.9 Å². The number of phosphoric ester groups is 1. The van der Waals surface area contributed by atoms with Gasteiger partial charge in [0, 0.05) is 30.7 Å². The summed E-state index contributed by atoms with van der Waals surface area (Å²) in [7, 11) is -4.72. The van der Waals surface area contributed by atoms with E-state index >= 15 is 0 Å². The highest BCUT2D eigenvalue weighted by molar-refractivity contribution is 8.14. The van der Waals surface area contributed by atoms with Gasteiger partial charge in [-0.15, -0.1) is 0 Å². The number of carbonyl (C=O) groups is 3. The van der Waals surface area contributed by atoms with Gasteiger partial charge in [-0.25, -0.2) is 4.57 Å². The SMILES string of the molecule is CCCCC/C=C/C(=O)SCCNC(=O)CCNC(=O)[C@@H](O)C(C)(C)COP(=O)(O)O. The maximum atomic E-state index is 12.0. The van der Waals surface area contributed by atoms with Crippen LogP contribution in [0.25, 0.3) is 0 Å². The number of carbonyl (C=O) groups excluding carboxylic acids is 3. The van der Waals surface area contributed by atoms with Gasteiger partial charge in [-0.2, -0.15) is 0 Å². The average Bonchev–Trinajstić information content (AvgIpc) is 2.68. The second-order valence-electron chi connectivity index (χ2n) is 7.61. The smallest absolute Gasteiger partial charge is 0.383 e. The highest BCUT2D eigenvalue weighted by Gasteiger charge is 2.35. The van der Waals surface area contributed by atoms with Crippen LogP contribution < -0.4 is 10.6 Å². The monoisotopic (exact) mass is 482 g/mol. The first-order chi connectivity index (χ1) is 14.4. The number of hydrogen-bond acceptors (Lipinski definition) is 7. The number of nitrogens with one attached hydrogen (secondary N) is 2. The lowest BCUT2D eigenvalue weighted by Gasteiger charge is -2.29. The molecule has 0 spiro atoms. The fraction of sp³-hybridized carbons (Fsp3) is 0.737. The van der Waals surface area contributed by atoms with Crippen LogP contribution in [0.4, 0.5) is 0 Å². The summed E-state index contributed by atoms with van der Waals surface area (Å²) in [4.78, 5) is 52.9. The van der Waals surface area contributed by atoms with E-state index in [-0.39, 0.29) is 24.0 Å². The average molecular weight is 483 g/mol. The lowest BCUT2D eigenvalue weighted by atomic mass is 9.87. The number of rotatable bonds is 16. The van der Waals surface area contributed by atoms with E-state index in [1.54, 1.807) is 6.08 Å². The van der Waals surface area contributed by atoms with E-state index in [1.165, 1.54) is 13.8 Å². The van der Waals surface area contributed by atoms with Gasteiger partial charge in [-0.1, -0.05) is 51.5 Å². The molecule has 12 heteroatoms. The minimum Gasteiger partial charge on any atom is -0.383 e. The van der Waals surface area contributed by atoms with Crippen LogP contribution in [0.2, 0.25) is 0 Å². The minimum absolute atomic E-state index is 0.0200. The molecule has 0 unspecified atom stereocenters. The zero-order chi connectivity index (χ0) is 23.9. The number of hydrogen-bond donors (Lipinski definition) is 5. The Balaban J connectivity index is 4.01. The second-order valence-corrected chi connectivity index (χ2v) is 9.95. The van der Waals surface area contributed by atoms with Crippen molar-refractivity contribution in [1.82, 2.24) is 10.6 Å². The first-order valence-electron chi connectivity index (χ1n) is 10.1. The fourth-order valence-corrected chi connectivity index (χ4v) is 3.35. The molecule has 1 atom stereocenters. The zero-order valence-corrected chi connectivity index (χ0v) is 20.0. The number of allylic oxidation sites excluding steroid dienone is 1. The van der Waals surface area contributed by atoms with Crippen molar-refractivity contribution < 1.29 is 38.4 Å². The van der Waals surface area contributed by atoms with Crippen molar-refractivity contribution in [1.29, 1.82) is 0 Å². The molecule has 0 heterocycles. The molecule has 10 nitrogen and oxygen atoms in total. The van der Waals surface area contributed by atoms with Crippen LogP contribution in [0.5, 0.6) is 0 Å². The summed E-state index contributed by atoms with van der Waals surface area (Å²) in [5, 5.41) is 15.0. The molecule has 0 rings (SSSR count). The number of phosphoric acid groups is 1. The van der Waals surface area contributed by atoms with E-state index in [2.05, 4.69) is 22.1 Å². The third-order valence-corrected chi connectivity index (χ3v) is 5.44. The molecule has 31 heavy (non-hydrogen) atoms. The number of unbranched alkanes of at least 4 members (excludes halogenated alkanes) is 3. The molecule has 0 aromatic rings. The molecule has 0 fully saturated rings. The van der Waals surface area contributed by atoms with Gasteiger partial charge in [0.25, 0.3) is 0 Å². The quantitative estimate of drug-likeness (QED) is 0.125. The first-order valence-corrected chi connectivity index (χ1v) is 12.7. The van der Waals surface area contributed by atoms with Crippen LogP contribution in [-0.2, 0) is 23.5 Å². The zero-order valence-electron chi connectivity index (χ0n) is 18.3. The van der Waals surface area contributed by atoms with Crippen molar-refractivity contribution in [2.75, 3.05) is 25.4 Å². The Hall–Kier alpha value is -1.23. The van der Waals surface area contributed by atoms with Gasteiger partial charge in [0.2, 0.25) is 16.9 Å². The maximum Gasteiger partial charge on any atom is 0.469 e. The molecule has 2 amide bonds. The third kappa shape index (κ3) is 16.1. The van der Waals surface area contributed by atoms with Crippen molar-refractivity contribution in [3.63, 3.8) is 0 Å². The van der Waals surface area contributed by atoms with Gasteiger partial charge in [-0.3, -0.25) is 18.9 Å². The van der Waals surface area contributed by atoms with E-state index in [9.17, 15) is 24.1 Å². The van der Waals surface area contributed by atoms with Crippen molar-refractivity contribution >= 4 is 36.5 Å². The van der Waals surface area contributed by atoms with Gasteiger partial charge in [0.05, 0.1) is 6.61 Å². The van der Waals surface area contributed by atoms with Crippen LogP contribution in [0.15, 0.2) is 12.2 Å². The third-order valence-electron chi connectivity index (χ3n) is 4.14. The van der Waals surface area contributed by atoms with Crippen molar-refractivity contribution in [3.05, 3.63) is 12.2 Å². The Bertz CT molecular complexity index is 651. The number of aliphatic hydroxyl groups excluding tert-OH is 1. The summed E-state index contributed by atoms with van der Waals surface area (Å²) in [5.41, 5.74) is -1.25. The Labute approximate surface area is 187 Å². The predicted molar refractivity (Wildman–Crippen MR) is 119 cm³/mol. The molecule has 0 aromatic carbocycles. The van der Waals surface area contributed by atoms with E-state index in [1.807, 2.05) is 6.08 Å². The number of aliphatic hydroxyl groups is 1. The van der Waals surface area contributed by atoms with Gasteiger partial charge in [0.15, 0.2) is 0 Å². The van der Waals surface area contributed by atoms with Gasteiger partial charge < -0.3 is 25.5 Å². The lowest BCUT2D eigenvalue weighted by molar-refractivity contribution is -0.137. The maximum absolute atomic E-state index is 12.0. The van der Waals surface area contributed by atoms with Crippen molar-refractivity contribution in [2.45, 2.75) is 59.0 Å². The highest BCUT2D eigenvalue weighted by atomic mass is 32.2. The summed E-state index contributed by atoms with van der Waals surface area (Å²) in [6.07, 6.45) is 6.02. The molecule has 5 N–H and O–H groups in total. The lowest BCUT2D eigenvalue weighted by Crippen LogP contribution is -2.46. The van der Waals surface area contributed by atoms with Crippen LogP contribution in [0, 0.1) is 5.41 Å². The summed E-state index contributed by atoms with van der Waals surface area (Å²) < 4.78 is 15.1. The van der Waals surface area contributed by atoms with Crippen molar-refractivity contribution in [3.8, 4) is 0 Å². The molecular weight excluding hydrogens is 447 g/mol. The van der Waals surface area contributed by atoms with E-state index in [4.69, 9.17) is 9.79 Å². The van der Waals surface area contributed by atoms with Gasteiger partial charge >= 0.3 is 7.82 Å². The first kappa shape index (κ1) is 29.8. The molecule has 0 aliphatic rings. The molecule has 0 saturated heterocycles. The van der Waals surface area contributed by atoms with Crippen LogP contribution in [-0.4, -0.2) is 63.4 Å². The summed E-state index contributed by atoms with van der Waals surface area (Å²) in [6, 6.07) is 0. The molecular formula is C19H35N2O8PS. The van der Waals surface area contributed by atoms with E-state index in [0.717, 1.165) is 37.4 Å². The Kier molecular flexibility index (Phi) is 14.9. The summed E-state index contributed by atoms with van der Waals surface area (Å²) >= 11 is 1.11. The van der Waals surface area contributed by atoms with Crippen molar-refractivity contribution in [2.24, 2.45) is 5.41 Å². The largest absolute Gasteiger partial charge is 0.469 e. The fourth-order valence-electron chi connectivity index (χ4n) is 2.25. The molecule has 0 aliphatic heterocycles. The summed E-state index contributed by atoms with van der Waals surface area (Å²) in [6.45, 7) is 4.70.